The molecule has 2 aromatic heterocycles. The van der Waals surface area contributed by atoms with Gasteiger partial charge in [-0.05, 0) is 125 Å². The molecule has 5 aromatic carbocycles. The molecule has 0 spiro atoms. The zero-order valence-corrected chi connectivity index (χ0v) is 34.2. The molecule has 56 heavy (non-hydrogen) atoms. The van der Waals surface area contributed by atoms with Crippen LogP contribution in [0.15, 0.2) is 115 Å². The van der Waals surface area contributed by atoms with Gasteiger partial charge in [-0.3, -0.25) is 4.57 Å². The van der Waals surface area contributed by atoms with Gasteiger partial charge in [0.15, 0.2) is 0 Å². The highest BCUT2D eigenvalue weighted by Crippen LogP contribution is 2.47. The van der Waals surface area contributed by atoms with E-state index in [2.05, 4.69) is 161 Å². The number of pyridine rings is 1. The fraction of sp³-hybridized carbons (Fsp3) is 0.314. The molecule has 0 N–H and O–H groups in total. The normalized spacial score (nSPS) is 14.2. The molecule has 0 saturated carbocycles. The monoisotopic (exact) mass is 743 g/mol. The van der Waals surface area contributed by atoms with Gasteiger partial charge in [0.25, 0.3) is 0 Å². The number of rotatable bonds is 9. The molecule has 0 saturated heterocycles. The van der Waals surface area contributed by atoms with Gasteiger partial charge in [-0.25, -0.2) is 4.98 Å². The Kier molecular flexibility index (Phi) is 8.75. The lowest BCUT2D eigenvalue weighted by molar-refractivity contribution is 0.483. The zero-order valence-electron chi connectivity index (χ0n) is 37.2. The van der Waals surface area contributed by atoms with Crippen molar-refractivity contribution >= 4 is 44.6 Å². The molecule has 0 unspecified atom stereocenters. The van der Waals surface area contributed by atoms with Gasteiger partial charge in [-0.1, -0.05) is 98.6 Å². The van der Waals surface area contributed by atoms with E-state index in [1.54, 1.807) is 18.3 Å². The predicted molar refractivity (Wildman–Crippen MR) is 237 cm³/mol. The Morgan fingerprint density at radius 2 is 1.36 bits per heavy atom. The van der Waals surface area contributed by atoms with Crippen LogP contribution in [0.4, 0.5) is 22.7 Å². The van der Waals surface area contributed by atoms with E-state index in [4.69, 9.17) is 13.8 Å². The fourth-order valence-electron chi connectivity index (χ4n) is 8.23. The summed E-state index contributed by atoms with van der Waals surface area (Å²) in [5.74, 6) is 1.99. The van der Waals surface area contributed by atoms with Crippen LogP contribution in [-0.4, -0.2) is 16.2 Å². The van der Waals surface area contributed by atoms with Gasteiger partial charge in [-0.15, -0.1) is 0 Å². The number of anilines is 4. The Morgan fingerprint density at radius 1 is 0.661 bits per heavy atom. The molecule has 286 valence electrons. The molecule has 0 aliphatic carbocycles. The van der Waals surface area contributed by atoms with E-state index in [9.17, 15) is 0 Å². The number of hydrogen-bond donors (Lipinski definition) is 0. The molecule has 0 amide bonds. The average molecular weight is 744 g/mol. The van der Waals surface area contributed by atoms with E-state index in [0.717, 1.165) is 59.2 Å². The van der Waals surface area contributed by atoms with Crippen LogP contribution in [0.5, 0.6) is 11.5 Å². The van der Waals surface area contributed by atoms with Crippen molar-refractivity contribution in [3.63, 3.8) is 0 Å². The summed E-state index contributed by atoms with van der Waals surface area (Å²) in [7, 11) is 0. The van der Waals surface area contributed by atoms with E-state index in [1.165, 1.54) is 39.0 Å². The average Bonchev–Trinajstić information content (AvgIpc) is 3.74. The first kappa shape index (κ1) is 33.8. The SMILES string of the molecule is [2H]C([2H])([2H])c1ccnc(-n2c3cc(Oc4cccc(N5CN(c6cc(C(C)(C)C)cc(C(C)(C)C)c6)c6ccccc65)c4)ccc3c3c(CCC)c(CCC)ccc32)c1. The molecule has 3 heterocycles. The van der Waals surface area contributed by atoms with Crippen LogP contribution in [0.1, 0.15) is 100 Å². The van der Waals surface area contributed by atoms with E-state index in [0.29, 0.717) is 18.2 Å². The summed E-state index contributed by atoms with van der Waals surface area (Å²) in [4.78, 5) is 9.52. The second-order valence-electron chi connectivity index (χ2n) is 17.4. The number of aromatic nitrogens is 2. The molecule has 5 nitrogen and oxygen atoms in total. The largest absolute Gasteiger partial charge is 0.457 e. The van der Waals surface area contributed by atoms with Crippen molar-refractivity contribution in [1.29, 1.82) is 0 Å². The number of aryl methyl sites for hydroxylation is 3. The van der Waals surface area contributed by atoms with Gasteiger partial charge in [0.2, 0.25) is 0 Å². The van der Waals surface area contributed by atoms with Crippen LogP contribution in [0, 0.1) is 6.85 Å². The molecule has 0 fully saturated rings. The Balaban J connectivity index is 1.19. The lowest BCUT2D eigenvalue weighted by Gasteiger charge is -2.29. The molecule has 1 aliphatic heterocycles. The molecular formula is C51H56N4O. The quantitative estimate of drug-likeness (QED) is 0.147. The Morgan fingerprint density at radius 3 is 2.04 bits per heavy atom. The maximum atomic E-state index is 8.15. The maximum absolute atomic E-state index is 8.15. The molecule has 1 aliphatic rings. The van der Waals surface area contributed by atoms with E-state index < -0.39 is 6.85 Å². The van der Waals surface area contributed by atoms with Crippen molar-refractivity contribution in [2.24, 2.45) is 0 Å². The van der Waals surface area contributed by atoms with Gasteiger partial charge >= 0.3 is 0 Å². The highest BCUT2D eigenvalue weighted by molar-refractivity contribution is 6.11. The summed E-state index contributed by atoms with van der Waals surface area (Å²) in [6.45, 7) is 16.6. The molecule has 7 aromatic rings. The molecule has 5 heteroatoms. The molecular weight excluding hydrogens is 685 g/mol. The fourth-order valence-corrected chi connectivity index (χ4v) is 8.23. The summed E-state index contributed by atoms with van der Waals surface area (Å²) in [6, 6.07) is 38.0. The van der Waals surface area contributed by atoms with Crippen LogP contribution >= 0.6 is 0 Å². The molecule has 0 radical (unpaired) electrons. The standard InChI is InChI=1S/C51H56N4O/c1-10-15-35-21-24-46-49(42(35)16-11-2)43-23-22-41(32-47(43)55(46)48-27-34(3)25-26-52-48)56-40-18-14-17-38(31-40)53-33-54(45-20-13-12-19-44(45)53)39-29-36(50(4,5)6)28-37(30-39)51(7,8)9/h12-14,17-32H,10-11,15-16,33H2,1-9H3/i3D3. The van der Waals surface area contributed by atoms with Crippen molar-refractivity contribution in [3.05, 3.63) is 143 Å². The summed E-state index contributed by atoms with van der Waals surface area (Å²) in [6.07, 6.45) is 5.64. The lowest BCUT2D eigenvalue weighted by atomic mass is 9.80. The van der Waals surface area contributed by atoms with Crippen LogP contribution in [0.2, 0.25) is 0 Å². The van der Waals surface area contributed by atoms with Crippen LogP contribution < -0.4 is 14.5 Å². The first-order valence-corrected chi connectivity index (χ1v) is 20.2. The van der Waals surface area contributed by atoms with Crippen molar-refractivity contribution in [2.75, 3.05) is 16.5 Å². The summed E-state index contributed by atoms with van der Waals surface area (Å²) >= 11 is 0. The van der Waals surface area contributed by atoms with Gasteiger partial charge in [0.05, 0.1) is 22.4 Å². The summed E-state index contributed by atoms with van der Waals surface area (Å²) < 4.78 is 33.3. The van der Waals surface area contributed by atoms with Crippen LogP contribution in [-0.2, 0) is 23.7 Å². The molecule has 0 bridgehead atoms. The van der Waals surface area contributed by atoms with Crippen LogP contribution in [0.3, 0.4) is 0 Å². The third kappa shape index (κ3) is 6.93. The third-order valence-electron chi connectivity index (χ3n) is 11.2. The van der Waals surface area contributed by atoms with E-state index in [-0.39, 0.29) is 16.4 Å². The van der Waals surface area contributed by atoms with E-state index in [1.807, 2.05) is 6.07 Å². The van der Waals surface area contributed by atoms with E-state index >= 15 is 0 Å². The highest BCUT2D eigenvalue weighted by Gasteiger charge is 2.30. The molecule has 8 rings (SSSR count). The van der Waals surface area contributed by atoms with Crippen molar-refractivity contribution in [1.82, 2.24) is 9.55 Å². The van der Waals surface area contributed by atoms with Crippen LogP contribution in [0.25, 0.3) is 27.6 Å². The van der Waals surface area contributed by atoms with Crippen molar-refractivity contribution < 1.29 is 8.85 Å². The zero-order chi connectivity index (χ0) is 41.9. The number of para-hydroxylation sites is 2. The number of nitrogens with zero attached hydrogens (tertiary/aromatic N) is 4. The summed E-state index contributed by atoms with van der Waals surface area (Å²) in [5, 5.41) is 2.30. The Labute approximate surface area is 337 Å². The van der Waals surface area contributed by atoms with Gasteiger partial charge < -0.3 is 14.5 Å². The minimum atomic E-state index is -2.25. The smallest absolute Gasteiger partial charge is 0.137 e. The Hall–Kier alpha value is -5.55. The maximum Gasteiger partial charge on any atom is 0.137 e. The Bertz CT molecular complexity index is 2650. The first-order valence-electron chi connectivity index (χ1n) is 21.7. The topological polar surface area (TPSA) is 33.5 Å². The highest BCUT2D eigenvalue weighted by atomic mass is 16.5. The van der Waals surface area contributed by atoms with Gasteiger partial charge in [-0.2, -0.15) is 0 Å². The second kappa shape index (κ2) is 14.5. The molecule has 0 atom stereocenters. The lowest BCUT2D eigenvalue weighted by Crippen LogP contribution is -2.25. The summed E-state index contributed by atoms with van der Waals surface area (Å²) in [5.41, 5.74) is 12.1. The minimum absolute atomic E-state index is 0.00602. The third-order valence-corrected chi connectivity index (χ3v) is 11.2. The number of benzene rings is 5. The predicted octanol–water partition coefficient (Wildman–Crippen LogP) is 14.0. The number of hydrogen-bond acceptors (Lipinski definition) is 4. The number of ether oxygens (including phenoxy) is 1. The minimum Gasteiger partial charge on any atom is -0.457 e. The number of fused-ring (bicyclic) bond motifs is 4. The second-order valence-corrected chi connectivity index (χ2v) is 17.4. The first-order chi connectivity index (χ1) is 28.0. The van der Waals surface area contributed by atoms with Crippen molar-refractivity contribution in [2.45, 2.75) is 98.8 Å². The van der Waals surface area contributed by atoms with Gasteiger partial charge in [0.1, 0.15) is 24.0 Å². The van der Waals surface area contributed by atoms with Crippen molar-refractivity contribution in [3.8, 4) is 17.3 Å². The van der Waals surface area contributed by atoms with Gasteiger partial charge in [0, 0.05) is 44.6 Å².